The summed E-state index contributed by atoms with van der Waals surface area (Å²) in [7, 11) is -3.42. The number of nitrogens with one attached hydrogen (secondary N) is 2. The zero-order valence-electron chi connectivity index (χ0n) is 14.3. The van der Waals surface area contributed by atoms with E-state index < -0.39 is 15.4 Å². The summed E-state index contributed by atoms with van der Waals surface area (Å²) >= 11 is 0. The van der Waals surface area contributed by atoms with Crippen LogP contribution in [0.25, 0.3) is 0 Å². The van der Waals surface area contributed by atoms with Gasteiger partial charge in [0.15, 0.2) is 0 Å². The molecule has 1 unspecified atom stereocenters. The van der Waals surface area contributed by atoms with Crippen LogP contribution in [0.3, 0.4) is 0 Å². The number of sulfonamides is 1. The molecule has 1 rings (SSSR count). The normalized spacial score (nSPS) is 19.5. The van der Waals surface area contributed by atoms with Crippen LogP contribution in [0.1, 0.15) is 46.0 Å². The van der Waals surface area contributed by atoms with Crippen LogP contribution in [0.15, 0.2) is 0 Å². The summed E-state index contributed by atoms with van der Waals surface area (Å²) < 4.78 is 32.0. The SMILES string of the molecule is CCC(CC)(CN)C(=O)NCCS(=O)(=O)NCC1CCCCO1. The number of hydrogen-bond acceptors (Lipinski definition) is 5. The van der Waals surface area contributed by atoms with Crippen LogP contribution in [0.5, 0.6) is 0 Å². The van der Waals surface area contributed by atoms with Crippen molar-refractivity contribution in [3.63, 3.8) is 0 Å². The summed E-state index contributed by atoms with van der Waals surface area (Å²) in [6.45, 7) is 5.17. The molecule has 0 aromatic carbocycles. The lowest BCUT2D eigenvalue weighted by molar-refractivity contribution is -0.130. The Bertz CT molecular complexity index is 449. The minimum Gasteiger partial charge on any atom is -0.377 e. The number of carbonyl (C=O) groups excluding carboxylic acids is 1. The van der Waals surface area contributed by atoms with Crippen LogP contribution in [-0.2, 0) is 19.6 Å². The molecule has 136 valence electrons. The molecule has 23 heavy (non-hydrogen) atoms. The van der Waals surface area contributed by atoms with Crippen molar-refractivity contribution < 1.29 is 17.9 Å². The zero-order chi connectivity index (χ0) is 17.3. The third-order valence-corrected chi connectivity index (χ3v) is 6.04. The predicted octanol–water partition coefficient (Wildman–Crippen LogP) is 0.356. The predicted molar refractivity (Wildman–Crippen MR) is 90.5 cm³/mol. The van der Waals surface area contributed by atoms with Gasteiger partial charge in [-0.2, -0.15) is 0 Å². The van der Waals surface area contributed by atoms with Crippen LogP contribution >= 0.6 is 0 Å². The fourth-order valence-corrected chi connectivity index (χ4v) is 3.65. The van der Waals surface area contributed by atoms with E-state index in [4.69, 9.17) is 10.5 Å². The average molecular weight is 349 g/mol. The number of nitrogens with two attached hydrogens (primary N) is 1. The molecular formula is C15H31N3O4S. The monoisotopic (exact) mass is 349 g/mol. The minimum atomic E-state index is -3.42. The number of carbonyl (C=O) groups is 1. The maximum atomic E-state index is 12.2. The fourth-order valence-electron chi connectivity index (χ4n) is 2.70. The molecule has 1 fully saturated rings. The van der Waals surface area contributed by atoms with Gasteiger partial charge >= 0.3 is 0 Å². The summed E-state index contributed by atoms with van der Waals surface area (Å²) in [4.78, 5) is 12.2. The van der Waals surface area contributed by atoms with Gasteiger partial charge in [0.2, 0.25) is 15.9 Å². The highest BCUT2D eigenvalue weighted by Crippen LogP contribution is 2.24. The van der Waals surface area contributed by atoms with E-state index in [2.05, 4.69) is 10.0 Å². The van der Waals surface area contributed by atoms with E-state index in [1.807, 2.05) is 13.8 Å². The lowest BCUT2D eigenvalue weighted by atomic mass is 9.81. The van der Waals surface area contributed by atoms with Crippen molar-refractivity contribution >= 4 is 15.9 Å². The second-order valence-electron chi connectivity index (χ2n) is 6.10. The molecule has 1 amide bonds. The van der Waals surface area contributed by atoms with Crippen LogP contribution in [0.2, 0.25) is 0 Å². The number of hydrogen-bond donors (Lipinski definition) is 3. The molecule has 8 heteroatoms. The molecule has 7 nitrogen and oxygen atoms in total. The van der Waals surface area contributed by atoms with E-state index in [1.165, 1.54) is 0 Å². The molecule has 4 N–H and O–H groups in total. The first-order chi connectivity index (χ1) is 10.9. The van der Waals surface area contributed by atoms with Crippen molar-refractivity contribution in [2.45, 2.75) is 52.1 Å². The molecule has 1 saturated heterocycles. The van der Waals surface area contributed by atoms with Gasteiger partial charge in [0.25, 0.3) is 0 Å². The Morgan fingerprint density at radius 3 is 2.52 bits per heavy atom. The fraction of sp³-hybridized carbons (Fsp3) is 0.933. The first-order valence-electron chi connectivity index (χ1n) is 8.46. The molecular weight excluding hydrogens is 318 g/mol. The molecule has 0 spiro atoms. The molecule has 0 aliphatic carbocycles. The first-order valence-corrected chi connectivity index (χ1v) is 10.1. The average Bonchev–Trinajstić information content (AvgIpc) is 2.56. The van der Waals surface area contributed by atoms with Crippen LogP contribution < -0.4 is 15.8 Å². The van der Waals surface area contributed by atoms with Gasteiger partial charge in [0.1, 0.15) is 0 Å². The first kappa shape index (κ1) is 20.3. The quantitative estimate of drug-likeness (QED) is 0.527. The Morgan fingerprint density at radius 2 is 2.00 bits per heavy atom. The van der Waals surface area contributed by atoms with Crippen LogP contribution in [0.4, 0.5) is 0 Å². The molecule has 1 heterocycles. The standard InChI is InChI=1S/C15H31N3O4S/c1-3-15(4-2,12-16)14(19)17-8-10-23(20,21)18-11-13-7-5-6-9-22-13/h13,18H,3-12,16H2,1-2H3,(H,17,19). The largest absolute Gasteiger partial charge is 0.377 e. The lowest BCUT2D eigenvalue weighted by Crippen LogP contribution is -2.47. The van der Waals surface area contributed by atoms with Gasteiger partial charge < -0.3 is 15.8 Å². The van der Waals surface area contributed by atoms with Gasteiger partial charge in [-0.1, -0.05) is 13.8 Å². The highest BCUT2D eigenvalue weighted by Gasteiger charge is 2.33. The van der Waals surface area contributed by atoms with Crippen molar-refractivity contribution in [2.24, 2.45) is 11.1 Å². The van der Waals surface area contributed by atoms with Gasteiger partial charge in [-0.3, -0.25) is 4.79 Å². The molecule has 1 atom stereocenters. The Kier molecular flexibility index (Phi) is 8.46. The lowest BCUT2D eigenvalue weighted by Gasteiger charge is -2.28. The van der Waals surface area contributed by atoms with Gasteiger partial charge in [-0.15, -0.1) is 0 Å². The van der Waals surface area contributed by atoms with Gasteiger partial charge in [0.05, 0.1) is 17.3 Å². The number of ether oxygens (including phenoxy) is 1. The maximum absolute atomic E-state index is 12.2. The van der Waals surface area contributed by atoms with Crippen molar-refractivity contribution in [1.82, 2.24) is 10.0 Å². The molecule has 0 bridgehead atoms. The van der Waals surface area contributed by atoms with Crippen LogP contribution in [-0.4, -0.2) is 52.4 Å². The van der Waals surface area contributed by atoms with Crippen LogP contribution in [0, 0.1) is 5.41 Å². The van der Waals surface area contributed by atoms with Crippen molar-refractivity contribution in [1.29, 1.82) is 0 Å². The molecule has 0 radical (unpaired) electrons. The third-order valence-electron chi connectivity index (χ3n) is 4.69. The maximum Gasteiger partial charge on any atom is 0.227 e. The zero-order valence-corrected chi connectivity index (χ0v) is 15.1. The highest BCUT2D eigenvalue weighted by atomic mass is 32.2. The summed E-state index contributed by atoms with van der Waals surface area (Å²) in [5.74, 6) is -0.310. The molecule has 0 saturated carbocycles. The summed E-state index contributed by atoms with van der Waals surface area (Å²) in [6, 6.07) is 0. The number of rotatable bonds is 10. The summed E-state index contributed by atoms with van der Waals surface area (Å²) in [5, 5.41) is 2.70. The number of amides is 1. The Labute approximate surface area is 139 Å². The Balaban J connectivity index is 2.36. The Morgan fingerprint density at radius 1 is 1.30 bits per heavy atom. The second-order valence-corrected chi connectivity index (χ2v) is 8.03. The van der Waals surface area contributed by atoms with E-state index in [1.54, 1.807) is 0 Å². The topological polar surface area (TPSA) is 111 Å². The third kappa shape index (κ3) is 6.37. The van der Waals surface area contributed by atoms with Crippen molar-refractivity contribution in [3.8, 4) is 0 Å². The van der Waals surface area contributed by atoms with E-state index in [0.29, 0.717) is 26.0 Å². The summed E-state index contributed by atoms with van der Waals surface area (Å²) in [6.07, 6.45) is 4.21. The summed E-state index contributed by atoms with van der Waals surface area (Å²) in [5.41, 5.74) is 5.11. The minimum absolute atomic E-state index is 0.0433. The molecule has 0 aromatic heterocycles. The van der Waals surface area contributed by atoms with E-state index in [-0.39, 0.29) is 30.9 Å². The van der Waals surface area contributed by atoms with Gasteiger partial charge in [-0.25, -0.2) is 13.1 Å². The molecule has 1 aliphatic heterocycles. The Hall–Kier alpha value is -0.700. The van der Waals surface area contributed by atoms with E-state index in [9.17, 15) is 13.2 Å². The highest BCUT2D eigenvalue weighted by molar-refractivity contribution is 7.89. The smallest absolute Gasteiger partial charge is 0.227 e. The van der Waals surface area contributed by atoms with Gasteiger partial charge in [-0.05, 0) is 32.1 Å². The molecule has 1 aliphatic rings. The van der Waals surface area contributed by atoms with Crippen molar-refractivity contribution in [2.75, 3.05) is 32.0 Å². The van der Waals surface area contributed by atoms with Gasteiger partial charge in [0, 0.05) is 26.2 Å². The second kappa shape index (κ2) is 9.56. The van der Waals surface area contributed by atoms with Crippen molar-refractivity contribution in [3.05, 3.63) is 0 Å². The van der Waals surface area contributed by atoms with E-state index in [0.717, 1.165) is 19.3 Å². The molecule has 0 aromatic rings. The van der Waals surface area contributed by atoms with E-state index >= 15 is 0 Å².